The Morgan fingerprint density at radius 1 is 1.05 bits per heavy atom. The molecule has 12 heteroatoms. The molecule has 0 atom stereocenters. The van der Waals surface area contributed by atoms with E-state index in [1.54, 1.807) is 12.3 Å². The lowest BCUT2D eigenvalue weighted by atomic mass is 10.2. The number of benzene rings is 2. The number of amides is 3. The molecule has 2 aromatic carbocycles. The fraction of sp³-hybridized carbons (Fsp3) is 0.240. The van der Waals surface area contributed by atoms with Crippen molar-refractivity contribution >= 4 is 40.8 Å². The zero-order valence-electron chi connectivity index (χ0n) is 19.2. The number of alkyl halides is 3. The summed E-state index contributed by atoms with van der Waals surface area (Å²) in [6.07, 6.45) is 3.16. The summed E-state index contributed by atoms with van der Waals surface area (Å²) in [6.45, 7) is 0. The van der Waals surface area contributed by atoms with Gasteiger partial charge < -0.3 is 20.7 Å². The van der Waals surface area contributed by atoms with Crippen molar-refractivity contribution < 1.29 is 31.9 Å². The predicted octanol–water partition coefficient (Wildman–Crippen LogP) is 6.64. The highest BCUT2D eigenvalue weighted by molar-refractivity contribution is 6.31. The predicted molar refractivity (Wildman–Crippen MR) is 131 cm³/mol. The zero-order valence-corrected chi connectivity index (χ0v) is 19.9. The molecule has 7 nitrogen and oxygen atoms in total. The van der Waals surface area contributed by atoms with Crippen LogP contribution in [0.4, 0.5) is 33.7 Å². The number of hydrogen-bond acceptors (Lipinski definition) is 4. The summed E-state index contributed by atoms with van der Waals surface area (Å²) in [5.74, 6) is -0.586. The van der Waals surface area contributed by atoms with Gasteiger partial charge in [-0.05, 0) is 56.0 Å². The van der Waals surface area contributed by atoms with Gasteiger partial charge in [-0.3, -0.25) is 4.79 Å². The first-order chi connectivity index (χ1) is 17.6. The van der Waals surface area contributed by atoms with Gasteiger partial charge in [0.25, 0.3) is 0 Å². The van der Waals surface area contributed by atoms with Crippen LogP contribution in [0.1, 0.15) is 31.2 Å². The van der Waals surface area contributed by atoms with Crippen molar-refractivity contribution in [3.05, 3.63) is 76.9 Å². The lowest BCUT2D eigenvalue weighted by molar-refractivity contribution is -0.137. The average molecular weight is 537 g/mol. The SMILES string of the molecule is O=C(Nc1ccc(Cl)c(C(F)(F)F)c1)Nc1cc(OC2=N/C=C\CCC(NC(=O)C3CC3)=C2)ccc1F. The van der Waals surface area contributed by atoms with Crippen molar-refractivity contribution in [2.24, 2.45) is 10.9 Å². The fourth-order valence-corrected chi connectivity index (χ4v) is 3.57. The van der Waals surface area contributed by atoms with Crippen molar-refractivity contribution in [1.82, 2.24) is 5.32 Å². The number of nitrogens with one attached hydrogen (secondary N) is 3. The number of urea groups is 1. The molecule has 1 aliphatic heterocycles. The summed E-state index contributed by atoms with van der Waals surface area (Å²) in [5, 5.41) is 6.80. The zero-order chi connectivity index (χ0) is 26.6. The molecule has 4 rings (SSSR count). The van der Waals surface area contributed by atoms with Gasteiger partial charge in [0.2, 0.25) is 11.8 Å². The number of anilines is 2. The molecular formula is C25H21ClF4N4O3. The molecule has 0 aromatic heterocycles. The maximum absolute atomic E-state index is 14.4. The Balaban J connectivity index is 1.46. The first-order valence-corrected chi connectivity index (χ1v) is 11.6. The highest BCUT2D eigenvalue weighted by Crippen LogP contribution is 2.36. The van der Waals surface area contributed by atoms with Crippen molar-refractivity contribution in [2.45, 2.75) is 31.9 Å². The van der Waals surface area contributed by atoms with E-state index in [4.69, 9.17) is 16.3 Å². The van der Waals surface area contributed by atoms with Crippen LogP contribution in [-0.4, -0.2) is 17.8 Å². The third kappa shape index (κ3) is 7.32. The number of aliphatic imine (C=N–C) groups is 1. The van der Waals surface area contributed by atoms with E-state index in [0.29, 0.717) is 24.6 Å². The Morgan fingerprint density at radius 2 is 1.84 bits per heavy atom. The van der Waals surface area contributed by atoms with Crippen molar-refractivity contribution in [2.75, 3.05) is 10.6 Å². The van der Waals surface area contributed by atoms with Crippen LogP contribution in [0, 0.1) is 11.7 Å². The number of carbonyl (C=O) groups is 2. The maximum atomic E-state index is 14.4. The van der Waals surface area contributed by atoms with E-state index < -0.39 is 28.6 Å². The molecule has 37 heavy (non-hydrogen) atoms. The molecule has 1 fully saturated rings. The summed E-state index contributed by atoms with van der Waals surface area (Å²) in [5.41, 5.74) is -0.971. The molecule has 2 aromatic rings. The van der Waals surface area contributed by atoms with Crippen molar-refractivity contribution in [3.63, 3.8) is 0 Å². The van der Waals surface area contributed by atoms with Crippen LogP contribution >= 0.6 is 11.6 Å². The summed E-state index contributed by atoms with van der Waals surface area (Å²) in [7, 11) is 0. The molecule has 2 aliphatic rings. The highest BCUT2D eigenvalue weighted by atomic mass is 35.5. The highest BCUT2D eigenvalue weighted by Gasteiger charge is 2.33. The molecule has 1 saturated carbocycles. The standard InChI is InChI=1S/C25H21ClF4N4O3/c26-19-8-6-16(11-18(19)25(28,29)30)33-24(36)34-21-13-17(7-9-20(21)27)37-22-12-15(3-1-2-10-31-22)32-23(35)14-4-5-14/h2,6-14H,1,3-5H2,(H,32,35)(H2,33,34,36)/b10-2-,15-12?,31-22?. The van der Waals surface area contributed by atoms with E-state index in [0.717, 1.165) is 25.0 Å². The van der Waals surface area contributed by atoms with Crippen LogP contribution in [-0.2, 0) is 11.0 Å². The first kappa shape index (κ1) is 26.2. The quantitative estimate of drug-likeness (QED) is 0.374. The van der Waals surface area contributed by atoms with Gasteiger partial charge in [-0.15, -0.1) is 0 Å². The number of ether oxygens (including phenoxy) is 1. The van der Waals surface area contributed by atoms with Crippen LogP contribution < -0.4 is 20.7 Å². The molecule has 0 saturated heterocycles. The van der Waals surface area contributed by atoms with Gasteiger partial charge in [0.05, 0.1) is 16.3 Å². The fourth-order valence-electron chi connectivity index (χ4n) is 3.35. The lowest BCUT2D eigenvalue weighted by Gasteiger charge is -2.14. The summed E-state index contributed by atoms with van der Waals surface area (Å²) >= 11 is 5.58. The number of allylic oxidation sites excluding steroid dienone is 2. The van der Waals surface area contributed by atoms with Crippen LogP contribution in [0.3, 0.4) is 0 Å². The molecule has 1 aliphatic carbocycles. The third-order valence-electron chi connectivity index (χ3n) is 5.36. The van der Waals surface area contributed by atoms with Gasteiger partial charge in [0, 0.05) is 35.6 Å². The van der Waals surface area contributed by atoms with Crippen molar-refractivity contribution in [1.29, 1.82) is 0 Å². The molecule has 0 unspecified atom stereocenters. The van der Waals surface area contributed by atoms with Crippen LogP contribution in [0.5, 0.6) is 5.75 Å². The van der Waals surface area contributed by atoms with Gasteiger partial charge in [0.15, 0.2) is 0 Å². The van der Waals surface area contributed by atoms with E-state index in [1.165, 1.54) is 18.2 Å². The Labute approximate surface area is 214 Å². The smallest absolute Gasteiger partial charge is 0.417 e. The molecular weight excluding hydrogens is 516 g/mol. The van der Waals surface area contributed by atoms with Gasteiger partial charge in [0.1, 0.15) is 11.6 Å². The normalized spacial score (nSPS) is 16.5. The van der Waals surface area contributed by atoms with Gasteiger partial charge in [-0.25, -0.2) is 14.2 Å². The van der Waals surface area contributed by atoms with E-state index >= 15 is 0 Å². The Morgan fingerprint density at radius 3 is 2.57 bits per heavy atom. The van der Waals surface area contributed by atoms with Gasteiger partial charge in [-0.1, -0.05) is 17.7 Å². The minimum absolute atomic E-state index is 0.0213. The Hall–Kier alpha value is -3.86. The summed E-state index contributed by atoms with van der Waals surface area (Å²) < 4.78 is 59.3. The Bertz CT molecular complexity index is 1300. The van der Waals surface area contributed by atoms with E-state index in [2.05, 4.69) is 20.9 Å². The van der Waals surface area contributed by atoms with Crippen LogP contribution in [0.2, 0.25) is 5.02 Å². The number of halogens is 5. The topological polar surface area (TPSA) is 91.8 Å². The minimum atomic E-state index is -4.72. The molecule has 3 amide bonds. The number of hydrogen-bond donors (Lipinski definition) is 3. The minimum Gasteiger partial charge on any atom is -0.439 e. The Kier molecular flexibility index (Phi) is 7.82. The maximum Gasteiger partial charge on any atom is 0.417 e. The first-order valence-electron chi connectivity index (χ1n) is 11.2. The molecule has 0 bridgehead atoms. The third-order valence-corrected chi connectivity index (χ3v) is 5.68. The van der Waals surface area contributed by atoms with E-state index in [-0.39, 0.29) is 34.8 Å². The van der Waals surface area contributed by atoms with Crippen LogP contribution in [0.15, 0.2) is 65.4 Å². The molecule has 194 valence electrons. The molecule has 0 radical (unpaired) electrons. The van der Waals surface area contributed by atoms with E-state index in [9.17, 15) is 27.2 Å². The van der Waals surface area contributed by atoms with Crippen LogP contribution in [0.25, 0.3) is 0 Å². The van der Waals surface area contributed by atoms with Gasteiger partial charge in [-0.2, -0.15) is 13.2 Å². The second-order valence-corrected chi connectivity index (χ2v) is 8.75. The monoisotopic (exact) mass is 536 g/mol. The van der Waals surface area contributed by atoms with E-state index in [1.807, 2.05) is 6.08 Å². The largest absolute Gasteiger partial charge is 0.439 e. The molecule has 0 spiro atoms. The summed E-state index contributed by atoms with van der Waals surface area (Å²) in [6, 6.07) is 5.42. The number of rotatable bonds is 5. The second-order valence-electron chi connectivity index (χ2n) is 8.34. The second kappa shape index (κ2) is 11.0. The van der Waals surface area contributed by atoms with Crippen molar-refractivity contribution in [3.8, 4) is 5.75 Å². The number of nitrogens with zero attached hydrogens (tertiary/aromatic N) is 1. The number of carbonyl (C=O) groups excluding carboxylic acids is 2. The lowest BCUT2D eigenvalue weighted by Crippen LogP contribution is -2.25. The average Bonchev–Trinajstić information content (AvgIpc) is 3.65. The molecule has 3 N–H and O–H groups in total. The molecule has 1 heterocycles. The summed E-state index contributed by atoms with van der Waals surface area (Å²) in [4.78, 5) is 28.7. The van der Waals surface area contributed by atoms with Gasteiger partial charge >= 0.3 is 12.2 Å².